The molecule has 0 bridgehead atoms. The predicted molar refractivity (Wildman–Crippen MR) is 107 cm³/mol. The van der Waals surface area contributed by atoms with E-state index in [1.807, 2.05) is 24.3 Å². The molecule has 1 aliphatic heterocycles. The maximum Gasteiger partial charge on any atom is 0.320 e. The van der Waals surface area contributed by atoms with E-state index in [1.54, 1.807) is 23.6 Å². The van der Waals surface area contributed by atoms with Gasteiger partial charge < -0.3 is 14.8 Å². The van der Waals surface area contributed by atoms with E-state index in [9.17, 15) is 4.79 Å². The van der Waals surface area contributed by atoms with E-state index in [-0.39, 0.29) is 11.2 Å². The zero-order valence-electron chi connectivity index (χ0n) is 14.5. The number of anilines is 2. The molecule has 7 nitrogen and oxygen atoms in total. The Kier molecular flexibility index (Phi) is 6.52. The zero-order chi connectivity index (χ0) is 18.5. The number of methoxy groups -OCH3 is 2. The highest BCUT2D eigenvalue weighted by molar-refractivity contribution is 8.00. The van der Waals surface area contributed by atoms with Gasteiger partial charge in [-0.2, -0.15) is 0 Å². The van der Waals surface area contributed by atoms with Gasteiger partial charge in [-0.3, -0.25) is 9.69 Å². The summed E-state index contributed by atoms with van der Waals surface area (Å²) < 4.78 is 12.5. The van der Waals surface area contributed by atoms with Gasteiger partial charge in [-0.05, 0) is 36.5 Å². The second-order valence-corrected chi connectivity index (χ2v) is 8.56. The van der Waals surface area contributed by atoms with Crippen LogP contribution in [-0.4, -0.2) is 59.0 Å². The molecular weight excluding hydrogens is 392 g/mol. The van der Waals surface area contributed by atoms with Crippen LogP contribution in [0, 0.1) is 3.95 Å². The first-order chi connectivity index (χ1) is 12.6. The number of aromatic nitrogens is 2. The third kappa shape index (κ3) is 4.76. The first-order valence-corrected chi connectivity index (χ1v) is 10.3. The van der Waals surface area contributed by atoms with Crippen molar-refractivity contribution < 1.29 is 14.3 Å². The molecule has 1 fully saturated rings. The van der Waals surface area contributed by atoms with Gasteiger partial charge >= 0.3 is 5.97 Å². The van der Waals surface area contributed by atoms with Crippen molar-refractivity contribution in [1.82, 2.24) is 14.7 Å². The Morgan fingerprint density at radius 1 is 1.38 bits per heavy atom. The molecule has 1 N–H and O–H groups in total. The monoisotopic (exact) mass is 412 g/mol. The first kappa shape index (κ1) is 19.2. The van der Waals surface area contributed by atoms with Gasteiger partial charge in [-0.1, -0.05) is 11.3 Å². The summed E-state index contributed by atoms with van der Waals surface area (Å²) in [6.45, 7) is 2.09. The first-order valence-electron chi connectivity index (χ1n) is 8.00. The number of hydrogen-bond acceptors (Lipinski definition) is 9. The molecule has 0 amide bonds. The average Bonchev–Trinajstić information content (AvgIpc) is 3.00. The number of nitrogens with one attached hydrogen (secondary N) is 1. The molecule has 0 unspecified atom stereocenters. The van der Waals surface area contributed by atoms with Gasteiger partial charge in [0.1, 0.15) is 11.0 Å². The zero-order valence-corrected chi connectivity index (χ0v) is 17.0. The van der Waals surface area contributed by atoms with Crippen LogP contribution in [0.5, 0.6) is 5.75 Å². The lowest BCUT2D eigenvalue weighted by atomic mass is 10.3. The lowest BCUT2D eigenvalue weighted by molar-refractivity contribution is -0.140. The Labute approximate surface area is 165 Å². The molecular formula is C16H20N4O3S3. The van der Waals surface area contributed by atoms with Crippen LogP contribution in [0.4, 0.5) is 10.8 Å². The molecule has 1 atom stereocenters. The lowest BCUT2D eigenvalue weighted by Gasteiger charge is -2.30. The minimum absolute atomic E-state index is 0.154. The van der Waals surface area contributed by atoms with Gasteiger partial charge in [-0.25, -0.2) is 4.68 Å². The number of ether oxygens (including phenoxy) is 2. The third-order valence-electron chi connectivity index (χ3n) is 3.90. The molecule has 0 spiro atoms. The summed E-state index contributed by atoms with van der Waals surface area (Å²) >= 11 is 8.49. The molecule has 1 aliphatic rings. The predicted octanol–water partition coefficient (Wildman–Crippen LogP) is 2.97. The highest BCUT2D eigenvalue weighted by atomic mass is 32.2. The van der Waals surface area contributed by atoms with Gasteiger partial charge in [0.15, 0.2) is 3.95 Å². The summed E-state index contributed by atoms with van der Waals surface area (Å²) in [5.74, 6) is 1.51. The summed E-state index contributed by atoms with van der Waals surface area (Å²) in [7, 11) is 3.06. The Morgan fingerprint density at radius 2 is 2.15 bits per heavy atom. The Hall–Kier alpha value is -1.62. The summed E-state index contributed by atoms with van der Waals surface area (Å²) in [4.78, 5) is 13.9. The molecule has 0 radical (unpaired) electrons. The van der Waals surface area contributed by atoms with Gasteiger partial charge in [0.05, 0.1) is 20.9 Å². The van der Waals surface area contributed by atoms with E-state index in [0.29, 0.717) is 17.2 Å². The molecule has 3 rings (SSSR count). The van der Waals surface area contributed by atoms with Gasteiger partial charge in [0.2, 0.25) is 5.13 Å². The summed E-state index contributed by atoms with van der Waals surface area (Å²) in [6, 6.07) is 7.63. The molecule has 140 valence electrons. The minimum Gasteiger partial charge on any atom is -0.497 e. The standard InChI is InChI=1S/C16H20N4O3S3/c1-22-12-5-3-11(4-6-12)17-15-18-20(16(24)26-15)10-19-7-8-25-13(9-19)14(21)23-2/h3-6,13H,7-10H2,1-2H3,(H,17,18)/t13-/m1/s1. The lowest BCUT2D eigenvalue weighted by Crippen LogP contribution is -2.42. The van der Waals surface area contributed by atoms with Crippen molar-refractivity contribution in [3.63, 3.8) is 0 Å². The van der Waals surface area contributed by atoms with Crippen LogP contribution in [0.15, 0.2) is 24.3 Å². The largest absolute Gasteiger partial charge is 0.497 e. The van der Waals surface area contributed by atoms with E-state index in [4.69, 9.17) is 21.7 Å². The fourth-order valence-corrected chi connectivity index (χ4v) is 4.75. The van der Waals surface area contributed by atoms with Crippen LogP contribution in [0.2, 0.25) is 0 Å². The van der Waals surface area contributed by atoms with Crippen molar-refractivity contribution in [2.45, 2.75) is 11.9 Å². The van der Waals surface area contributed by atoms with E-state index in [0.717, 1.165) is 28.9 Å². The fourth-order valence-electron chi connectivity index (χ4n) is 2.54. The topological polar surface area (TPSA) is 68.6 Å². The maximum absolute atomic E-state index is 11.8. The van der Waals surface area contributed by atoms with Crippen molar-refractivity contribution in [2.75, 3.05) is 38.4 Å². The van der Waals surface area contributed by atoms with Crippen LogP contribution in [0.3, 0.4) is 0 Å². The normalized spacial score (nSPS) is 17.7. The molecule has 2 heterocycles. The number of carbonyl (C=O) groups is 1. The quantitative estimate of drug-likeness (QED) is 0.574. The Balaban J connectivity index is 1.64. The molecule has 0 aliphatic carbocycles. The second-order valence-electron chi connectivity index (χ2n) is 5.63. The molecule has 26 heavy (non-hydrogen) atoms. The second kappa shape index (κ2) is 8.85. The molecule has 0 saturated carbocycles. The van der Waals surface area contributed by atoms with Crippen molar-refractivity contribution in [3.05, 3.63) is 28.2 Å². The van der Waals surface area contributed by atoms with Crippen LogP contribution in [0.1, 0.15) is 0 Å². The number of nitrogens with zero attached hydrogens (tertiary/aromatic N) is 3. The highest BCUT2D eigenvalue weighted by Crippen LogP contribution is 2.24. The Morgan fingerprint density at radius 3 is 2.85 bits per heavy atom. The molecule has 1 aromatic heterocycles. The van der Waals surface area contributed by atoms with Gasteiger partial charge in [0.25, 0.3) is 0 Å². The van der Waals surface area contributed by atoms with Crippen LogP contribution >= 0.6 is 35.3 Å². The van der Waals surface area contributed by atoms with Gasteiger partial charge in [-0.15, -0.1) is 16.9 Å². The van der Waals surface area contributed by atoms with Crippen molar-refractivity contribution in [1.29, 1.82) is 0 Å². The summed E-state index contributed by atoms with van der Waals surface area (Å²) in [5, 5.41) is 8.39. The average molecular weight is 413 g/mol. The summed E-state index contributed by atoms with van der Waals surface area (Å²) in [6.07, 6.45) is 0. The SMILES string of the molecule is COC(=O)[C@H]1CN(Cn2nc(Nc3ccc(OC)cc3)sc2=S)CCS1. The maximum atomic E-state index is 11.8. The number of carbonyl (C=O) groups excluding carboxylic acids is 1. The number of thioether (sulfide) groups is 1. The van der Waals surface area contributed by atoms with Crippen molar-refractivity contribution in [3.8, 4) is 5.75 Å². The van der Waals surface area contributed by atoms with E-state index >= 15 is 0 Å². The van der Waals surface area contributed by atoms with Gasteiger partial charge in [0, 0.05) is 24.5 Å². The highest BCUT2D eigenvalue weighted by Gasteiger charge is 2.27. The third-order valence-corrected chi connectivity index (χ3v) is 6.28. The molecule has 1 aromatic carbocycles. The minimum atomic E-state index is -0.177. The smallest absolute Gasteiger partial charge is 0.320 e. The van der Waals surface area contributed by atoms with Crippen molar-refractivity contribution >= 4 is 52.1 Å². The van der Waals surface area contributed by atoms with Crippen molar-refractivity contribution in [2.24, 2.45) is 0 Å². The number of benzene rings is 1. The summed E-state index contributed by atoms with van der Waals surface area (Å²) in [5.41, 5.74) is 0.918. The number of esters is 1. The fraction of sp³-hybridized carbons (Fsp3) is 0.438. The van der Waals surface area contributed by atoms with E-state index in [1.165, 1.54) is 18.4 Å². The van der Waals surface area contributed by atoms with E-state index < -0.39 is 0 Å². The van der Waals surface area contributed by atoms with Crippen LogP contribution in [0.25, 0.3) is 0 Å². The number of rotatable bonds is 6. The molecule has 1 saturated heterocycles. The van der Waals surface area contributed by atoms with Crippen LogP contribution in [-0.2, 0) is 16.2 Å². The molecule has 2 aromatic rings. The Bertz CT molecular complexity index is 806. The number of hydrogen-bond donors (Lipinski definition) is 1. The van der Waals surface area contributed by atoms with E-state index in [2.05, 4.69) is 15.3 Å². The molecule has 10 heteroatoms. The van der Waals surface area contributed by atoms with Crippen LogP contribution < -0.4 is 10.1 Å².